The molecule has 5 nitrogen and oxygen atoms in total. The standard InChI is InChI=1S/C17H21BrFN3O2S/c1-4-20-16-8-7-14(25(23,24)22(2)3)10-17(16)21-11-12-5-6-13(19)9-15(12)18/h5-10,20-21H,4,11H2,1-3H3. The fourth-order valence-corrected chi connectivity index (χ4v) is 3.66. The van der Waals surface area contributed by atoms with Gasteiger partial charge in [-0.15, -0.1) is 0 Å². The Morgan fingerprint density at radius 1 is 1.08 bits per heavy atom. The molecule has 0 aliphatic rings. The van der Waals surface area contributed by atoms with E-state index in [1.54, 1.807) is 24.3 Å². The summed E-state index contributed by atoms with van der Waals surface area (Å²) >= 11 is 3.34. The Morgan fingerprint density at radius 2 is 1.80 bits per heavy atom. The first-order chi connectivity index (χ1) is 11.8. The average Bonchev–Trinajstić information content (AvgIpc) is 2.55. The van der Waals surface area contributed by atoms with Gasteiger partial charge in [0.25, 0.3) is 0 Å². The third-order valence-corrected chi connectivity index (χ3v) is 6.17. The molecule has 0 aliphatic carbocycles. The van der Waals surface area contributed by atoms with Gasteiger partial charge in [-0.05, 0) is 42.8 Å². The molecular formula is C17H21BrFN3O2S. The SMILES string of the molecule is CCNc1ccc(S(=O)(=O)N(C)C)cc1NCc1ccc(F)cc1Br. The third-order valence-electron chi connectivity index (χ3n) is 3.62. The molecule has 2 aromatic rings. The van der Waals surface area contributed by atoms with Crippen molar-refractivity contribution < 1.29 is 12.8 Å². The smallest absolute Gasteiger partial charge is 0.242 e. The highest BCUT2D eigenvalue weighted by molar-refractivity contribution is 9.10. The second-order valence-electron chi connectivity index (χ2n) is 5.61. The molecule has 0 aromatic heterocycles. The molecule has 0 fully saturated rings. The highest BCUT2D eigenvalue weighted by Crippen LogP contribution is 2.28. The van der Waals surface area contributed by atoms with Crippen LogP contribution in [0.5, 0.6) is 0 Å². The molecule has 0 heterocycles. The van der Waals surface area contributed by atoms with Gasteiger partial charge in [-0.1, -0.05) is 22.0 Å². The minimum Gasteiger partial charge on any atom is -0.384 e. The van der Waals surface area contributed by atoms with E-state index in [1.807, 2.05) is 6.92 Å². The predicted molar refractivity (Wildman–Crippen MR) is 103 cm³/mol. The Bertz CT molecular complexity index is 857. The maximum absolute atomic E-state index is 13.2. The van der Waals surface area contributed by atoms with Gasteiger partial charge < -0.3 is 10.6 Å². The molecule has 0 bridgehead atoms. The lowest BCUT2D eigenvalue weighted by Gasteiger charge is -2.17. The van der Waals surface area contributed by atoms with Gasteiger partial charge in [-0.2, -0.15) is 0 Å². The Kier molecular flexibility index (Phi) is 6.42. The van der Waals surface area contributed by atoms with Crippen LogP contribution in [0.3, 0.4) is 0 Å². The van der Waals surface area contributed by atoms with Gasteiger partial charge in [0.2, 0.25) is 10.0 Å². The van der Waals surface area contributed by atoms with Crippen LogP contribution in [0.1, 0.15) is 12.5 Å². The molecule has 0 saturated carbocycles. The van der Waals surface area contributed by atoms with Crippen LogP contribution in [0.4, 0.5) is 15.8 Å². The van der Waals surface area contributed by atoms with Crippen molar-refractivity contribution in [1.29, 1.82) is 0 Å². The number of benzene rings is 2. The molecule has 0 saturated heterocycles. The van der Waals surface area contributed by atoms with Crippen molar-refractivity contribution in [2.75, 3.05) is 31.3 Å². The second kappa shape index (κ2) is 8.16. The fraction of sp³-hybridized carbons (Fsp3) is 0.294. The summed E-state index contributed by atoms with van der Waals surface area (Å²) in [4.78, 5) is 0.208. The minimum atomic E-state index is -3.52. The summed E-state index contributed by atoms with van der Waals surface area (Å²) in [5.74, 6) is -0.317. The summed E-state index contributed by atoms with van der Waals surface area (Å²) < 4.78 is 39.7. The van der Waals surface area contributed by atoms with E-state index in [-0.39, 0.29) is 10.7 Å². The molecule has 0 radical (unpaired) electrons. The number of sulfonamides is 1. The Labute approximate surface area is 156 Å². The highest BCUT2D eigenvalue weighted by Gasteiger charge is 2.18. The van der Waals surface area contributed by atoms with Crippen molar-refractivity contribution in [2.24, 2.45) is 0 Å². The van der Waals surface area contributed by atoms with Crippen LogP contribution in [0, 0.1) is 5.82 Å². The van der Waals surface area contributed by atoms with Gasteiger partial charge in [-0.25, -0.2) is 17.1 Å². The summed E-state index contributed by atoms with van der Waals surface area (Å²) in [6, 6.07) is 9.38. The van der Waals surface area contributed by atoms with Gasteiger partial charge in [0.05, 0.1) is 16.3 Å². The second-order valence-corrected chi connectivity index (χ2v) is 8.62. The number of rotatable bonds is 7. The quantitative estimate of drug-likeness (QED) is 0.700. The summed E-state index contributed by atoms with van der Waals surface area (Å²) in [7, 11) is -0.529. The molecule has 0 amide bonds. The van der Waals surface area contributed by atoms with E-state index in [9.17, 15) is 12.8 Å². The molecule has 8 heteroatoms. The van der Waals surface area contributed by atoms with Crippen LogP contribution in [-0.4, -0.2) is 33.4 Å². The molecule has 0 atom stereocenters. The fourth-order valence-electron chi connectivity index (χ4n) is 2.24. The molecule has 0 spiro atoms. The first kappa shape index (κ1) is 19.7. The van der Waals surface area contributed by atoms with E-state index in [1.165, 1.54) is 30.5 Å². The van der Waals surface area contributed by atoms with Crippen molar-refractivity contribution in [3.63, 3.8) is 0 Å². The summed E-state index contributed by atoms with van der Waals surface area (Å²) in [5, 5.41) is 6.43. The minimum absolute atomic E-state index is 0.208. The molecule has 0 aliphatic heterocycles. The van der Waals surface area contributed by atoms with Crippen molar-refractivity contribution in [3.05, 3.63) is 52.3 Å². The van der Waals surface area contributed by atoms with Crippen molar-refractivity contribution in [2.45, 2.75) is 18.4 Å². The topological polar surface area (TPSA) is 61.4 Å². The van der Waals surface area contributed by atoms with E-state index in [0.717, 1.165) is 11.3 Å². The molecular weight excluding hydrogens is 409 g/mol. The van der Waals surface area contributed by atoms with E-state index in [0.29, 0.717) is 23.2 Å². The normalized spacial score (nSPS) is 11.6. The highest BCUT2D eigenvalue weighted by atomic mass is 79.9. The lowest BCUT2D eigenvalue weighted by Crippen LogP contribution is -2.22. The summed E-state index contributed by atoms with van der Waals surface area (Å²) in [6.07, 6.45) is 0. The van der Waals surface area contributed by atoms with E-state index in [2.05, 4.69) is 26.6 Å². The van der Waals surface area contributed by atoms with E-state index in [4.69, 9.17) is 0 Å². The zero-order valence-corrected chi connectivity index (χ0v) is 16.7. The summed E-state index contributed by atoms with van der Waals surface area (Å²) in [6.45, 7) is 3.09. The number of hydrogen-bond acceptors (Lipinski definition) is 4. The molecule has 136 valence electrons. The predicted octanol–water partition coefficient (Wildman–Crippen LogP) is 3.88. The van der Waals surface area contributed by atoms with Crippen LogP contribution in [0.2, 0.25) is 0 Å². The maximum Gasteiger partial charge on any atom is 0.242 e. The zero-order valence-electron chi connectivity index (χ0n) is 14.3. The van der Waals surface area contributed by atoms with Crippen molar-refractivity contribution in [1.82, 2.24) is 4.31 Å². The van der Waals surface area contributed by atoms with Crippen LogP contribution < -0.4 is 10.6 Å². The average molecular weight is 430 g/mol. The van der Waals surface area contributed by atoms with E-state index >= 15 is 0 Å². The van der Waals surface area contributed by atoms with Crippen molar-refractivity contribution in [3.8, 4) is 0 Å². The molecule has 2 aromatic carbocycles. The van der Waals surface area contributed by atoms with Gasteiger partial charge in [0.15, 0.2) is 0 Å². The molecule has 2 N–H and O–H groups in total. The van der Waals surface area contributed by atoms with Crippen LogP contribution in [0.25, 0.3) is 0 Å². The first-order valence-corrected chi connectivity index (χ1v) is 9.97. The zero-order chi connectivity index (χ0) is 18.6. The Morgan fingerprint density at radius 3 is 2.40 bits per heavy atom. The van der Waals surface area contributed by atoms with Crippen LogP contribution in [0.15, 0.2) is 45.8 Å². The molecule has 25 heavy (non-hydrogen) atoms. The van der Waals surface area contributed by atoms with Gasteiger partial charge >= 0.3 is 0 Å². The largest absolute Gasteiger partial charge is 0.384 e. The van der Waals surface area contributed by atoms with Crippen molar-refractivity contribution >= 4 is 37.3 Å². The Hall–Kier alpha value is -1.64. The maximum atomic E-state index is 13.2. The number of anilines is 2. The number of halogens is 2. The molecule has 0 unspecified atom stereocenters. The molecule has 2 rings (SSSR count). The van der Waals surface area contributed by atoms with E-state index < -0.39 is 10.0 Å². The van der Waals surface area contributed by atoms with Gasteiger partial charge in [0, 0.05) is 31.7 Å². The first-order valence-electron chi connectivity index (χ1n) is 7.74. The number of nitrogens with zero attached hydrogens (tertiary/aromatic N) is 1. The number of nitrogens with one attached hydrogen (secondary N) is 2. The summed E-state index contributed by atoms with van der Waals surface area (Å²) in [5.41, 5.74) is 2.34. The van der Waals surface area contributed by atoms with Gasteiger partial charge in [0.1, 0.15) is 5.82 Å². The lowest BCUT2D eigenvalue weighted by molar-refractivity contribution is 0.521. The van der Waals surface area contributed by atoms with Gasteiger partial charge in [-0.3, -0.25) is 0 Å². The lowest BCUT2D eigenvalue weighted by atomic mass is 10.2. The van der Waals surface area contributed by atoms with Crippen LogP contribution >= 0.6 is 15.9 Å². The van der Waals surface area contributed by atoms with Crippen LogP contribution in [-0.2, 0) is 16.6 Å². The Balaban J connectivity index is 2.33. The third kappa shape index (κ3) is 4.71. The monoisotopic (exact) mass is 429 g/mol. The number of hydrogen-bond donors (Lipinski definition) is 2.